The van der Waals surface area contributed by atoms with Crippen LogP contribution < -0.4 is 10.6 Å². The van der Waals surface area contributed by atoms with Gasteiger partial charge in [0.1, 0.15) is 29.3 Å². The summed E-state index contributed by atoms with van der Waals surface area (Å²) in [5, 5.41) is 14.7. The topological polar surface area (TPSA) is 54.5 Å². The van der Waals surface area contributed by atoms with E-state index in [1.165, 1.54) is 43.8 Å². The lowest BCUT2D eigenvalue weighted by Crippen LogP contribution is -2.49. The molecule has 8 aromatic carbocycles. The Labute approximate surface area is 370 Å². The van der Waals surface area contributed by atoms with E-state index < -0.39 is 0 Å². The van der Waals surface area contributed by atoms with Crippen molar-refractivity contribution in [3.63, 3.8) is 0 Å². The average molecular weight is 823 g/mol. The maximum absolute atomic E-state index is 6.86. The van der Waals surface area contributed by atoms with Gasteiger partial charge in [-0.2, -0.15) is 0 Å². The first-order valence-electron chi connectivity index (χ1n) is 22.2. The summed E-state index contributed by atoms with van der Waals surface area (Å²) in [6.07, 6.45) is 15.3. The Morgan fingerprint density at radius 3 is 1.92 bits per heavy atom. The molecule has 3 heterocycles. The number of nitrogens with one attached hydrogen (secondary N) is 2. The van der Waals surface area contributed by atoms with Gasteiger partial charge in [-0.05, 0) is 75.0 Å². The molecule has 0 radical (unpaired) electrons. The Morgan fingerprint density at radius 1 is 0.500 bits per heavy atom. The second kappa shape index (κ2) is 14.8. The first kappa shape index (κ1) is 36.6. The molecule has 2 aromatic heterocycles. The zero-order valence-corrected chi connectivity index (χ0v) is 34.9. The van der Waals surface area contributed by atoms with E-state index in [1.54, 1.807) is 0 Å². The van der Waals surface area contributed by atoms with Gasteiger partial charge in [0.05, 0.1) is 11.0 Å². The maximum Gasteiger partial charge on any atom is 0.137 e. The highest BCUT2D eigenvalue weighted by Gasteiger charge is 2.30. The van der Waals surface area contributed by atoms with Crippen molar-refractivity contribution in [2.45, 2.75) is 12.3 Å². The number of nitrogens with zero attached hydrogens (tertiary/aromatic N) is 2. The summed E-state index contributed by atoms with van der Waals surface area (Å²) in [7, 11) is 0. The maximum atomic E-state index is 6.86. The summed E-state index contributed by atoms with van der Waals surface area (Å²) in [5.74, 6) is 1.53. The van der Waals surface area contributed by atoms with Crippen LogP contribution in [0.1, 0.15) is 17.3 Å². The monoisotopic (exact) mass is 822 g/mol. The third-order valence-corrected chi connectivity index (χ3v) is 13.4. The number of allylic oxidation sites excluding steroid dienone is 6. The Hall–Kier alpha value is -7.99. The van der Waals surface area contributed by atoms with Crippen LogP contribution in [0.15, 0.2) is 233 Å². The zero-order chi connectivity index (χ0) is 42.1. The van der Waals surface area contributed by atoms with Gasteiger partial charge in [0, 0.05) is 56.3 Å². The highest BCUT2D eigenvalue weighted by Crippen LogP contribution is 2.41. The molecular formula is C59H42N4O. The minimum absolute atomic E-state index is 0.257. The second-order valence-corrected chi connectivity index (χ2v) is 17.2. The number of hydrogen-bond donors (Lipinski definition) is 2. The predicted octanol–water partition coefficient (Wildman–Crippen LogP) is 14.0. The fourth-order valence-electron chi connectivity index (χ4n) is 10.2. The Balaban J connectivity index is 0.950. The first-order chi connectivity index (χ1) is 31.7. The van der Waals surface area contributed by atoms with Crippen LogP contribution in [0.2, 0.25) is 0 Å². The van der Waals surface area contributed by atoms with Gasteiger partial charge < -0.3 is 14.3 Å². The fraction of sp³-hybridized carbons (Fsp3) is 0.0678. The Morgan fingerprint density at radius 2 is 1.17 bits per heavy atom. The molecule has 64 heavy (non-hydrogen) atoms. The molecule has 13 rings (SSSR count). The summed E-state index contributed by atoms with van der Waals surface area (Å²) in [6, 6.07) is 63.2. The number of amidine groups is 1. The van der Waals surface area contributed by atoms with Gasteiger partial charge in [0.2, 0.25) is 0 Å². The van der Waals surface area contributed by atoms with Crippen molar-refractivity contribution in [1.29, 1.82) is 0 Å². The molecule has 0 amide bonds. The zero-order valence-electron chi connectivity index (χ0n) is 34.9. The number of rotatable bonds is 6. The second-order valence-electron chi connectivity index (χ2n) is 17.2. The van der Waals surface area contributed by atoms with Gasteiger partial charge in [-0.15, -0.1) is 0 Å². The van der Waals surface area contributed by atoms with Crippen LogP contribution in [0.4, 0.5) is 0 Å². The van der Waals surface area contributed by atoms with Gasteiger partial charge in [-0.3, -0.25) is 5.32 Å². The van der Waals surface area contributed by atoms with Crippen molar-refractivity contribution in [2.75, 3.05) is 0 Å². The number of furan rings is 1. The first-order valence-corrected chi connectivity index (χ1v) is 22.2. The molecule has 0 fully saturated rings. The molecule has 2 N–H and O–H groups in total. The molecule has 304 valence electrons. The van der Waals surface area contributed by atoms with Crippen molar-refractivity contribution < 1.29 is 4.42 Å². The minimum Gasteiger partial charge on any atom is -0.456 e. The normalized spacial score (nSPS) is 19.3. The summed E-state index contributed by atoms with van der Waals surface area (Å²) < 4.78 is 9.27. The van der Waals surface area contributed by atoms with E-state index in [0.29, 0.717) is 11.8 Å². The molecule has 4 atom stereocenters. The molecule has 5 nitrogen and oxygen atoms in total. The smallest absolute Gasteiger partial charge is 0.137 e. The molecule has 1 aliphatic heterocycles. The van der Waals surface area contributed by atoms with Crippen LogP contribution in [-0.2, 0) is 0 Å². The molecular weight excluding hydrogens is 781 g/mol. The highest BCUT2D eigenvalue weighted by molar-refractivity contribution is 6.12. The standard InChI is InChI=1S/C59H42N4O/c1-3-12-37(13-4-1)43-26-29-48-49-30-27-44(38-14-5-2-6-15-38)35-53(49)63(52(48)34-43)47-28-31-50-55(36-47)64-54-21-11-20-51(56(50)54)59-61-57(45-24-22-39-16-7-9-18-41(39)32-45)60-58(62-59)46-25-23-40-17-8-10-19-42(40)33-46/h1-36,39,41,57,59,61H,(H,60,62). The fourth-order valence-corrected chi connectivity index (χ4v) is 10.2. The quantitative estimate of drug-likeness (QED) is 0.176. The summed E-state index contributed by atoms with van der Waals surface area (Å²) in [6.45, 7) is 0. The van der Waals surface area contributed by atoms with Crippen molar-refractivity contribution in [1.82, 2.24) is 15.2 Å². The predicted molar refractivity (Wildman–Crippen MR) is 265 cm³/mol. The molecule has 5 heteroatoms. The average Bonchev–Trinajstić information content (AvgIpc) is 3.91. The Bertz CT molecular complexity index is 3550. The van der Waals surface area contributed by atoms with Crippen LogP contribution >= 0.6 is 0 Å². The summed E-state index contributed by atoms with van der Waals surface area (Å²) in [5.41, 5.74) is 13.1. The van der Waals surface area contributed by atoms with Crippen molar-refractivity contribution in [2.24, 2.45) is 16.8 Å². The minimum atomic E-state index is -0.263. The number of fused-ring (bicyclic) bond motifs is 8. The molecule has 0 saturated carbocycles. The third kappa shape index (κ3) is 6.16. The third-order valence-electron chi connectivity index (χ3n) is 13.4. The number of aliphatic imine (C=N–C) groups is 1. The molecule has 4 unspecified atom stereocenters. The van der Waals surface area contributed by atoms with Crippen molar-refractivity contribution in [3.8, 4) is 27.9 Å². The lowest BCUT2D eigenvalue weighted by atomic mass is 9.82. The molecule has 0 spiro atoms. The van der Waals surface area contributed by atoms with Crippen LogP contribution in [0, 0.1) is 11.8 Å². The van der Waals surface area contributed by atoms with Gasteiger partial charge in [0.15, 0.2) is 0 Å². The van der Waals surface area contributed by atoms with E-state index in [1.807, 2.05) is 0 Å². The van der Waals surface area contributed by atoms with E-state index in [-0.39, 0.29) is 12.3 Å². The number of hydrogen-bond acceptors (Lipinski definition) is 4. The van der Waals surface area contributed by atoms with E-state index in [2.05, 4.69) is 234 Å². The SMILES string of the molecule is C1=CC2C=CC(C3N=C(c4ccc5ccccc5c4)NC(c4cccc5oc6cc(-n7c8cc(-c9ccccc9)ccc8c8ccc(-c9ccccc9)cc87)ccc6c45)N3)=CC2C=C1. The van der Waals surface area contributed by atoms with E-state index in [9.17, 15) is 0 Å². The number of aromatic nitrogens is 1. The van der Waals surface area contributed by atoms with Crippen molar-refractivity contribution >= 4 is 60.4 Å². The van der Waals surface area contributed by atoms with Crippen LogP contribution in [0.3, 0.4) is 0 Å². The number of benzene rings is 8. The lowest BCUT2D eigenvalue weighted by Gasteiger charge is -2.34. The van der Waals surface area contributed by atoms with Crippen molar-refractivity contribution in [3.05, 3.63) is 235 Å². The Kier molecular flexibility index (Phi) is 8.49. The highest BCUT2D eigenvalue weighted by atomic mass is 16.3. The van der Waals surface area contributed by atoms with Crippen LogP contribution in [0.5, 0.6) is 0 Å². The molecule has 10 aromatic rings. The summed E-state index contributed by atoms with van der Waals surface area (Å²) in [4.78, 5) is 5.37. The largest absolute Gasteiger partial charge is 0.456 e. The van der Waals surface area contributed by atoms with Gasteiger partial charge in [0.25, 0.3) is 0 Å². The summed E-state index contributed by atoms with van der Waals surface area (Å²) >= 11 is 0. The molecule has 3 aliphatic rings. The van der Waals surface area contributed by atoms with Crippen LogP contribution in [0.25, 0.3) is 82.5 Å². The van der Waals surface area contributed by atoms with Gasteiger partial charge in [-0.25, -0.2) is 4.99 Å². The molecule has 0 bridgehead atoms. The molecule has 2 aliphatic carbocycles. The van der Waals surface area contributed by atoms with E-state index in [4.69, 9.17) is 9.41 Å². The van der Waals surface area contributed by atoms with Gasteiger partial charge in [-0.1, -0.05) is 176 Å². The van der Waals surface area contributed by atoms with Crippen LogP contribution in [-0.4, -0.2) is 16.6 Å². The lowest BCUT2D eigenvalue weighted by molar-refractivity contribution is 0.434. The molecule has 0 saturated heterocycles. The van der Waals surface area contributed by atoms with Gasteiger partial charge >= 0.3 is 0 Å². The van der Waals surface area contributed by atoms with E-state index >= 15 is 0 Å². The van der Waals surface area contributed by atoms with E-state index in [0.717, 1.165) is 61.2 Å².